The number of nitrogens with zero attached hydrogens (tertiary/aromatic N) is 2. The van der Waals surface area contributed by atoms with Crippen LogP contribution < -0.4 is 0 Å². The van der Waals surface area contributed by atoms with Gasteiger partial charge in [-0.2, -0.15) is 0 Å². The van der Waals surface area contributed by atoms with Crippen LogP contribution in [-0.2, 0) is 6.54 Å². The van der Waals surface area contributed by atoms with Gasteiger partial charge in [0.1, 0.15) is 5.82 Å². The summed E-state index contributed by atoms with van der Waals surface area (Å²) in [6, 6.07) is 8.00. The average Bonchev–Trinajstić information content (AvgIpc) is 2.92. The van der Waals surface area contributed by atoms with Gasteiger partial charge in [0.2, 0.25) is 0 Å². The van der Waals surface area contributed by atoms with Gasteiger partial charge in [-0.05, 0) is 50.6 Å². The second kappa shape index (κ2) is 5.64. The van der Waals surface area contributed by atoms with Gasteiger partial charge in [-0.25, -0.2) is 4.98 Å². The Kier molecular flexibility index (Phi) is 4.00. The van der Waals surface area contributed by atoms with E-state index >= 15 is 0 Å². The normalized spacial score (nSPS) is 13.0. The predicted octanol–water partition coefficient (Wildman–Crippen LogP) is 5.72. The summed E-state index contributed by atoms with van der Waals surface area (Å²) in [6.45, 7) is 7.02. The molecule has 2 aromatic heterocycles. The Labute approximate surface area is 138 Å². The first kappa shape index (κ1) is 14.9. The Hall–Kier alpha value is -1.03. The number of thiophene rings is 1. The molecule has 0 aliphatic heterocycles. The fraction of sp³-hybridized carbons (Fsp3) is 0.312. The molecule has 110 valence electrons. The van der Waals surface area contributed by atoms with Gasteiger partial charge in [0, 0.05) is 14.8 Å². The zero-order chi connectivity index (χ0) is 15.1. The second-order valence-corrected chi connectivity index (χ2v) is 7.69. The number of hydrogen-bond acceptors (Lipinski definition) is 2. The van der Waals surface area contributed by atoms with Gasteiger partial charge in [0.05, 0.1) is 23.0 Å². The molecule has 5 heteroatoms. The molecule has 1 atom stereocenters. The van der Waals surface area contributed by atoms with Gasteiger partial charge >= 0.3 is 0 Å². The van der Waals surface area contributed by atoms with Gasteiger partial charge in [0.25, 0.3) is 0 Å². The molecule has 0 aliphatic carbocycles. The van der Waals surface area contributed by atoms with Crippen LogP contribution in [0.3, 0.4) is 0 Å². The van der Waals surface area contributed by atoms with Gasteiger partial charge in [-0.15, -0.1) is 22.9 Å². The highest BCUT2D eigenvalue weighted by Crippen LogP contribution is 2.29. The van der Waals surface area contributed by atoms with Crippen molar-refractivity contribution in [2.45, 2.75) is 32.7 Å². The van der Waals surface area contributed by atoms with E-state index in [1.807, 2.05) is 36.5 Å². The number of hydrogen-bond donors (Lipinski definition) is 0. The number of rotatable bonds is 3. The Morgan fingerprint density at radius 3 is 2.67 bits per heavy atom. The molecule has 0 saturated carbocycles. The van der Waals surface area contributed by atoms with Crippen molar-refractivity contribution in [3.8, 4) is 0 Å². The predicted molar refractivity (Wildman–Crippen MR) is 91.9 cm³/mol. The molecule has 21 heavy (non-hydrogen) atoms. The van der Waals surface area contributed by atoms with E-state index in [4.69, 9.17) is 23.2 Å². The maximum atomic E-state index is 6.31. The van der Waals surface area contributed by atoms with Gasteiger partial charge in [-0.1, -0.05) is 11.6 Å². The van der Waals surface area contributed by atoms with E-state index in [0.29, 0.717) is 0 Å². The molecule has 1 unspecified atom stereocenters. The summed E-state index contributed by atoms with van der Waals surface area (Å²) in [5.74, 6) is 0.887. The Morgan fingerprint density at radius 1 is 1.29 bits per heavy atom. The molecule has 1 aromatic carbocycles. The Morgan fingerprint density at radius 2 is 2.05 bits per heavy atom. The third kappa shape index (κ3) is 2.83. The number of fused-ring (bicyclic) bond motifs is 1. The number of imidazole rings is 1. The minimum atomic E-state index is -0.140. The van der Waals surface area contributed by atoms with Gasteiger partial charge < -0.3 is 4.57 Å². The minimum absolute atomic E-state index is 0.140. The van der Waals surface area contributed by atoms with Crippen LogP contribution in [0.4, 0.5) is 0 Å². The third-order valence-electron chi connectivity index (χ3n) is 3.63. The number of halogens is 2. The maximum Gasteiger partial charge on any atom is 0.128 e. The van der Waals surface area contributed by atoms with Crippen LogP contribution in [-0.4, -0.2) is 9.55 Å². The molecule has 0 amide bonds. The average molecular weight is 339 g/mol. The smallest absolute Gasteiger partial charge is 0.128 e. The fourth-order valence-electron chi connectivity index (χ4n) is 2.47. The van der Waals surface area contributed by atoms with E-state index in [0.717, 1.165) is 28.4 Å². The van der Waals surface area contributed by atoms with Crippen molar-refractivity contribution >= 4 is 45.6 Å². The van der Waals surface area contributed by atoms with Crippen molar-refractivity contribution in [1.29, 1.82) is 0 Å². The van der Waals surface area contributed by atoms with Crippen LogP contribution in [0.5, 0.6) is 0 Å². The number of benzene rings is 1. The second-order valence-electron chi connectivity index (χ2n) is 5.26. The lowest BCUT2D eigenvalue weighted by molar-refractivity contribution is 0.750. The monoisotopic (exact) mass is 338 g/mol. The first-order valence-corrected chi connectivity index (χ1v) is 8.44. The first-order valence-electron chi connectivity index (χ1n) is 6.81. The molecule has 0 radical (unpaired) electrons. The molecule has 3 rings (SSSR count). The maximum absolute atomic E-state index is 6.31. The molecule has 0 bridgehead atoms. The van der Waals surface area contributed by atoms with E-state index in [1.165, 1.54) is 15.3 Å². The van der Waals surface area contributed by atoms with E-state index in [-0.39, 0.29) is 5.38 Å². The number of aromatic nitrogens is 2. The lowest BCUT2D eigenvalue weighted by Gasteiger charge is -2.09. The van der Waals surface area contributed by atoms with Gasteiger partial charge in [0.15, 0.2) is 0 Å². The van der Waals surface area contributed by atoms with Crippen molar-refractivity contribution in [1.82, 2.24) is 9.55 Å². The molecule has 3 aromatic rings. The highest BCUT2D eigenvalue weighted by molar-refractivity contribution is 7.12. The number of alkyl halides is 1. The minimum Gasteiger partial charge on any atom is -0.321 e. The van der Waals surface area contributed by atoms with E-state index in [9.17, 15) is 0 Å². The summed E-state index contributed by atoms with van der Waals surface area (Å²) in [4.78, 5) is 7.32. The molecule has 0 fully saturated rings. The first-order chi connectivity index (χ1) is 9.95. The van der Waals surface area contributed by atoms with E-state index in [2.05, 4.69) is 29.5 Å². The van der Waals surface area contributed by atoms with E-state index in [1.54, 1.807) is 0 Å². The SMILES string of the molecule is Cc1cc(Cn2c(C(C)Cl)nc3ccc(Cl)cc32)sc1C. The summed E-state index contributed by atoms with van der Waals surface area (Å²) < 4.78 is 2.17. The zero-order valence-corrected chi connectivity index (χ0v) is 14.5. The van der Waals surface area contributed by atoms with Crippen LogP contribution in [0.15, 0.2) is 24.3 Å². The lowest BCUT2D eigenvalue weighted by Crippen LogP contribution is -2.04. The van der Waals surface area contributed by atoms with Crippen LogP contribution in [0, 0.1) is 13.8 Å². The Balaban J connectivity index is 2.14. The molecular weight excluding hydrogens is 323 g/mol. The van der Waals surface area contributed by atoms with Crippen LogP contribution in [0.25, 0.3) is 11.0 Å². The summed E-state index contributed by atoms with van der Waals surface area (Å²) >= 11 is 14.3. The van der Waals surface area contributed by atoms with Crippen molar-refractivity contribution in [3.05, 3.63) is 50.4 Å². The topological polar surface area (TPSA) is 17.8 Å². The van der Waals surface area contributed by atoms with E-state index < -0.39 is 0 Å². The summed E-state index contributed by atoms with van der Waals surface area (Å²) in [6.07, 6.45) is 0. The molecule has 0 saturated heterocycles. The largest absolute Gasteiger partial charge is 0.321 e. The van der Waals surface area contributed by atoms with Crippen LogP contribution in [0.2, 0.25) is 5.02 Å². The molecule has 0 spiro atoms. The van der Waals surface area contributed by atoms with Crippen LogP contribution >= 0.6 is 34.5 Å². The molecule has 2 heterocycles. The van der Waals surface area contributed by atoms with Crippen molar-refractivity contribution < 1.29 is 0 Å². The molecule has 2 nitrogen and oxygen atoms in total. The zero-order valence-electron chi connectivity index (χ0n) is 12.2. The lowest BCUT2D eigenvalue weighted by atomic mass is 10.2. The third-order valence-corrected chi connectivity index (χ3v) is 5.19. The van der Waals surface area contributed by atoms with Crippen molar-refractivity contribution in [3.63, 3.8) is 0 Å². The highest BCUT2D eigenvalue weighted by atomic mass is 35.5. The van der Waals surface area contributed by atoms with Crippen molar-refractivity contribution in [2.24, 2.45) is 0 Å². The van der Waals surface area contributed by atoms with Crippen molar-refractivity contribution in [2.75, 3.05) is 0 Å². The number of aryl methyl sites for hydroxylation is 2. The Bertz CT molecular complexity index is 783. The fourth-order valence-corrected chi connectivity index (χ4v) is 3.84. The summed E-state index contributed by atoms with van der Waals surface area (Å²) in [7, 11) is 0. The highest BCUT2D eigenvalue weighted by Gasteiger charge is 2.16. The standard InChI is InChI=1S/C16H16Cl2N2S/c1-9-6-13(21-11(9)3)8-20-15-7-12(18)4-5-14(15)19-16(20)10(2)17/h4-7,10H,8H2,1-3H3. The molecular formula is C16H16Cl2N2S. The summed E-state index contributed by atoms with van der Waals surface area (Å²) in [5.41, 5.74) is 3.30. The molecule has 0 aliphatic rings. The molecule has 0 N–H and O–H groups in total. The summed E-state index contributed by atoms with van der Waals surface area (Å²) in [5, 5.41) is 0.578. The quantitative estimate of drug-likeness (QED) is 0.558. The van der Waals surface area contributed by atoms with Crippen LogP contribution in [0.1, 0.15) is 33.4 Å². The van der Waals surface area contributed by atoms with Gasteiger partial charge in [-0.3, -0.25) is 0 Å².